The summed E-state index contributed by atoms with van der Waals surface area (Å²) in [4.78, 5) is 0. The van der Waals surface area contributed by atoms with Gasteiger partial charge in [-0.15, -0.1) is 0 Å². The van der Waals surface area contributed by atoms with Crippen molar-refractivity contribution in [2.45, 2.75) is 13.5 Å². The van der Waals surface area contributed by atoms with Crippen LogP contribution in [0, 0.1) is 12.7 Å². The van der Waals surface area contributed by atoms with Crippen LogP contribution >= 0.6 is 0 Å². The van der Waals surface area contributed by atoms with Crippen LogP contribution in [0.25, 0.3) is 11.1 Å². The van der Waals surface area contributed by atoms with Crippen molar-refractivity contribution in [3.05, 3.63) is 83.7 Å². The molecule has 0 fully saturated rings. The van der Waals surface area contributed by atoms with Gasteiger partial charge in [-0.25, -0.2) is 4.39 Å². The Morgan fingerprint density at radius 3 is 2.43 bits per heavy atom. The monoisotopic (exact) mass is 307 g/mol. The molecule has 116 valence electrons. The second kappa shape index (κ2) is 6.53. The number of hydrogen-bond donors (Lipinski definition) is 1. The molecule has 0 unspecified atom stereocenters. The Morgan fingerprint density at radius 1 is 0.957 bits per heavy atom. The van der Waals surface area contributed by atoms with Crippen molar-refractivity contribution in [1.82, 2.24) is 0 Å². The lowest BCUT2D eigenvalue weighted by Gasteiger charge is -2.10. The summed E-state index contributed by atoms with van der Waals surface area (Å²) in [6, 6.07) is 20.3. The minimum atomic E-state index is -0.321. The molecule has 23 heavy (non-hydrogen) atoms. The van der Waals surface area contributed by atoms with E-state index in [1.807, 2.05) is 49.4 Å². The van der Waals surface area contributed by atoms with Gasteiger partial charge in [0, 0.05) is 17.3 Å². The van der Waals surface area contributed by atoms with E-state index in [4.69, 9.17) is 10.5 Å². The summed E-state index contributed by atoms with van der Waals surface area (Å²) in [6.45, 7) is 2.34. The SMILES string of the molecule is Cc1ccc(-c2ccc(OCc3ccccc3)cc2F)cc1N. The molecule has 2 N–H and O–H groups in total. The quantitative estimate of drug-likeness (QED) is 0.691. The van der Waals surface area contributed by atoms with Crippen LogP contribution in [0.1, 0.15) is 11.1 Å². The lowest BCUT2D eigenvalue weighted by Crippen LogP contribution is -1.96. The second-order valence-electron chi connectivity index (χ2n) is 5.49. The summed E-state index contributed by atoms with van der Waals surface area (Å²) in [5, 5.41) is 0. The van der Waals surface area contributed by atoms with E-state index in [0.717, 1.165) is 16.7 Å². The molecule has 2 nitrogen and oxygen atoms in total. The lowest BCUT2D eigenvalue weighted by molar-refractivity contribution is 0.304. The maximum absolute atomic E-state index is 14.4. The van der Waals surface area contributed by atoms with Gasteiger partial charge in [0.15, 0.2) is 0 Å². The number of nitrogens with two attached hydrogens (primary N) is 1. The number of rotatable bonds is 4. The fourth-order valence-corrected chi connectivity index (χ4v) is 2.37. The Hall–Kier alpha value is -2.81. The zero-order valence-electron chi connectivity index (χ0n) is 12.9. The summed E-state index contributed by atoms with van der Waals surface area (Å²) < 4.78 is 20.0. The molecule has 3 aromatic carbocycles. The highest BCUT2D eigenvalue weighted by molar-refractivity contribution is 5.70. The van der Waals surface area contributed by atoms with Crippen LogP contribution in [0.3, 0.4) is 0 Å². The minimum Gasteiger partial charge on any atom is -0.489 e. The molecule has 0 atom stereocenters. The van der Waals surface area contributed by atoms with E-state index in [0.29, 0.717) is 23.6 Å². The van der Waals surface area contributed by atoms with Crippen LogP contribution in [0.2, 0.25) is 0 Å². The average Bonchev–Trinajstić information content (AvgIpc) is 2.57. The van der Waals surface area contributed by atoms with Crippen molar-refractivity contribution in [2.75, 3.05) is 5.73 Å². The van der Waals surface area contributed by atoms with Gasteiger partial charge in [0.05, 0.1) is 0 Å². The van der Waals surface area contributed by atoms with Crippen LogP contribution in [0.15, 0.2) is 66.7 Å². The summed E-state index contributed by atoms with van der Waals surface area (Å²) in [6.07, 6.45) is 0. The van der Waals surface area contributed by atoms with Crippen molar-refractivity contribution in [3.63, 3.8) is 0 Å². The van der Waals surface area contributed by atoms with E-state index >= 15 is 0 Å². The summed E-state index contributed by atoms with van der Waals surface area (Å²) in [7, 11) is 0. The number of benzene rings is 3. The molecule has 0 aliphatic carbocycles. The molecule has 0 heterocycles. The van der Waals surface area contributed by atoms with Gasteiger partial charge in [-0.2, -0.15) is 0 Å². The van der Waals surface area contributed by atoms with Crippen molar-refractivity contribution in [2.24, 2.45) is 0 Å². The molecule has 0 saturated heterocycles. The van der Waals surface area contributed by atoms with Crippen molar-refractivity contribution < 1.29 is 9.13 Å². The maximum atomic E-state index is 14.4. The minimum absolute atomic E-state index is 0.321. The smallest absolute Gasteiger partial charge is 0.134 e. The third-order valence-electron chi connectivity index (χ3n) is 3.78. The van der Waals surface area contributed by atoms with Crippen molar-refractivity contribution >= 4 is 5.69 Å². The third-order valence-corrected chi connectivity index (χ3v) is 3.78. The van der Waals surface area contributed by atoms with Gasteiger partial charge in [0.1, 0.15) is 18.2 Å². The standard InChI is InChI=1S/C20H18FNO/c1-14-7-8-16(11-20(14)22)18-10-9-17(12-19(18)21)23-13-15-5-3-2-4-6-15/h2-12H,13,22H2,1H3. The first-order chi connectivity index (χ1) is 11.1. The molecule has 0 saturated carbocycles. The lowest BCUT2D eigenvalue weighted by atomic mass is 10.0. The molecule has 0 aliphatic heterocycles. The highest BCUT2D eigenvalue weighted by Crippen LogP contribution is 2.28. The van der Waals surface area contributed by atoms with Crippen LogP contribution in [0.5, 0.6) is 5.75 Å². The molecular weight excluding hydrogens is 289 g/mol. The number of aryl methyl sites for hydroxylation is 1. The van der Waals surface area contributed by atoms with Gasteiger partial charge in [0.25, 0.3) is 0 Å². The number of halogens is 1. The Morgan fingerprint density at radius 2 is 1.74 bits per heavy atom. The van der Waals surface area contributed by atoms with E-state index < -0.39 is 0 Å². The summed E-state index contributed by atoms with van der Waals surface area (Å²) in [5.41, 5.74) is 9.87. The third kappa shape index (κ3) is 3.51. The van der Waals surface area contributed by atoms with Crippen LogP contribution < -0.4 is 10.5 Å². The first-order valence-corrected chi connectivity index (χ1v) is 7.46. The molecule has 0 aliphatic rings. The molecule has 3 rings (SSSR count). The van der Waals surface area contributed by atoms with Gasteiger partial charge in [0.2, 0.25) is 0 Å². The number of hydrogen-bond acceptors (Lipinski definition) is 2. The molecule has 0 bridgehead atoms. The Balaban J connectivity index is 1.79. The van der Waals surface area contributed by atoms with E-state index in [1.165, 1.54) is 6.07 Å². The second-order valence-corrected chi connectivity index (χ2v) is 5.49. The average molecular weight is 307 g/mol. The van der Waals surface area contributed by atoms with E-state index in [-0.39, 0.29) is 5.82 Å². The normalized spacial score (nSPS) is 10.5. The number of ether oxygens (including phenoxy) is 1. The zero-order valence-corrected chi connectivity index (χ0v) is 12.9. The van der Waals surface area contributed by atoms with Gasteiger partial charge in [-0.05, 0) is 41.8 Å². The number of anilines is 1. The van der Waals surface area contributed by atoms with Crippen molar-refractivity contribution in [1.29, 1.82) is 0 Å². The predicted octanol–water partition coefficient (Wildman–Crippen LogP) is 4.96. The van der Waals surface area contributed by atoms with Crippen LogP contribution in [0.4, 0.5) is 10.1 Å². The highest BCUT2D eigenvalue weighted by Gasteiger charge is 2.08. The summed E-state index contributed by atoms with van der Waals surface area (Å²) in [5.74, 6) is 0.189. The van der Waals surface area contributed by atoms with Gasteiger partial charge >= 0.3 is 0 Å². The first kappa shape index (κ1) is 15.1. The van der Waals surface area contributed by atoms with Crippen molar-refractivity contribution in [3.8, 4) is 16.9 Å². The summed E-state index contributed by atoms with van der Waals surface area (Å²) >= 11 is 0. The molecule has 3 aromatic rings. The zero-order chi connectivity index (χ0) is 16.2. The largest absolute Gasteiger partial charge is 0.489 e. The van der Waals surface area contributed by atoms with Crippen LogP contribution in [-0.4, -0.2) is 0 Å². The Labute approximate surface area is 135 Å². The predicted molar refractivity (Wildman–Crippen MR) is 91.8 cm³/mol. The maximum Gasteiger partial charge on any atom is 0.134 e. The van der Waals surface area contributed by atoms with Gasteiger partial charge in [-0.1, -0.05) is 42.5 Å². The van der Waals surface area contributed by atoms with Gasteiger partial charge in [-0.3, -0.25) is 0 Å². The fourth-order valence-electron chi connectivity index (χ4n) is 2.37. The van der Waals surface area contributed by atoms with E-state index in [9.17, 15) is 4.39 Å². The Kier molecular flexibility index (Phi) is 4.29. The molecule has 3 heteroatoms. The number of nitrogen functional groups attached to an aromatic ring is 1. The topological polar surface area (TPSA) is 35.2 Å². The van der Waals surface area contributed by atoms with E-state index in [1.54, 1.807) is 18.2 Å². The molecule has 0 spiro atoms. The van der Waals surface area contributed by atoms with Gasteiger partial charge < -0.3 is 10.5 Å². The molecule has 0 amide bonds. The molecule has 0 aromatic heterocycles. The van der Waals surface area contributed by atoms with E-state index in [2.05, 4.69) is 0 Å². The molecular formula is C20H18FNO. The highest BCUT2D eigenvalue weighted by atomic mass is 19.1. The Bertz CT molecular complexity index is 815. The first-order valence-electron chi connectivity index (χ1n) is 7.46. The fraction of sp³-hybridized carbons (Fsp3) is 0.100. The molecule has 0 radical (unpaired) electrons. The van der Waals surface area contributed by atoms with Crippen LogP contribution in [-0.2, 0) is 6.61 Å².